The molecule has 0 aliphatic carbocycles. The molecule has 0 radical (unpaired) electrons. The number of benzene rings is 1. The Balaban J connectivity index is 1.64. The fourth-order valence-corrected chi connectivity index (χ4v) is 6.10. The van der Waals surface area contributed by atoms with Crippen LogP contribution in [0.5, 0.6) is 0 Å². The summed E-state index contributed by atoms with van der Waals surface area (Å²) in [5.41, 5.74) is 1.43. The van der Waals surface area contributed by atoms with Crippen molar-refractivity contribution in [1.82, 2.24) is 9.29 Å². The summed E-state index contributed by atoms with van der Waals surface area (Å²) in [6, 6.07) is 6.49. The fourth-order valence-electron chi connectivity index (χ4n) is 2.89. The Morgan fingerprint density at radius 2 is 2.00 bits per heavy atom. The smallest absolute Gasteiger partial charge is 0.243 e. The number of aromatic nitrogens is 1. The molecule has 6 nitrogen and oxygen atoms in total. The van der Waals surface area contributed by atoms with Crippen molar-refractivity contribution in [3.63, 3.8) is 0 Å². The van der Waals surface area contributed by atoms with Crippen LogP contribution in [0.25, 0.3) is 0 Å². The predicted octanol–water partition coefficient (Wildman–Crippen LogP) is 3.75. The topological polar surface area (TPSA) is 79.4 Å². The molecule has 146 valence electrons. The van der Waals surface area contributed by atoms with Crippen LogP contribution in [0, 0.1) is 6.92 Å². The minimum atomic E-state index is -3.53. The number of thiazole rings is 1. The number of carbonyl (C=O) groups is 1. The van der Waals surface area contributed by atoms with Gasteiger partial charge in [0.2, 0.25) is 15.9 Å². The molecule has 0 atom stereocenters. The molecule has 0 saturated carbocycles. The molecule has 27 heavy (non-hydrogen) atoms. The summed E-state index contributed by atoms with van der Waals surface area (Å²) in [7, 11) is -3.53. The second-order valence-electron chi connectivity index (χ2n) is 6.44. The molecular weight excluding hydrogens is 402 g/mol. The maximum Gasteiger partial charge on any atom is 0.243 e. The zero-order chi connectivity index (χ0) is 19.3. The molecule has 3 rings (SSSR count). The van der Waals surface area contributed by atoms with Crippen LogP contribution in [0.4, 0.5) is 5.69 Å². The SMILES string of the molecule is Cc1csc(SCC(=O)Nc2cccc(S(=O)(=O)N3CCCCCC3)c2)n1. The highest BCUT2D eigenvalue weighted by molar-refractivity contribution is 8.01. The first-order valence-corrected chi connectivity index (χ1v) is 12.2. The second-order valence-corrected chi connectivity index (χ2v) is 10.5. The van der Waals surface area contributed by atoms with Gasteiger partial charge >= 0.3 is 0 Å². The number of hydrogen-bond acceptors (Lipinski definition) is 6. The predicted molar refractivity (Wildman–Crippen MR) is 110 cm³/mol. The highest BCUT2D eigenvalue weighted by Gasteiger charge is 2.25. The van der Waals surface area contributed by atoms with Gasteiger partial charge in [0.05, 0.1) is 10.6 Å². The van der Waals surface area contributed by atoms with Gasteiger partial charge in [0.15, 0.2) is 4.34 Å². The highest BCUT2D eigenvalue weighted by Crippen LogP contribution is 2.24. The van der Waals surface area contributed by atoms with E-state index < -0.39 is 10.0 Å². The number of nitrogens with zero attached hydrogens (tertiary/aromatic N) is 2. The Morgan fingerprint density at radius 1 is 1.26 bits per heavy atom. The molecule has 1 fully saturated rings. The van der Waals surface area contributed by atoms with E-state index in [0.717, 1.165) is 35.7 Å². The van der Waals surface area contributed by atoms with Gasteiger partial charge in [0.1, 0.15) is 0 Å². The minimum absolute atomic E-state index is 0.183. The van der Waals surface area contributed by atoms with Crippen LogP contribution in [-0.4, -0.2) is 42.5 Å². The third-order valence-corrected chi connectivity index (χ3v) is 8.28. The van der Waals surface area contributed by atoms with E-state index in [1.54, 1.807) is 22.5 Å². The van der Waals surface area contributed by atoms with Crippen LogP contribution < -0.4 is 5.32 Å². The summed E-state index contributed by atoms with van der Waals surface area (Å²) in [6.07, 6.45) is 3.92. The van der Waals surface area contributed by atoms with Crippen LogP contribution >= 0.6 is 23.1 Å². The number of hydrogen-bond donors (Lipinski definition) is 1. The molecule has 1 aliphatic rings. The fraction of sp³-hybridized carbons (Fsp3) is 0.444. The van der Waals surface area contributed by atoms with E-state index >= 15 is 0 Å². The number of nitrogens with one attached hydrogen (secondary N) is 1. The quantitative estimate of drug-likeness (QED) is 0.713. The minimum Gasteiger partial charge on any atom is -0.325 e. The van der Waals surface area contributed by atoms with Gasteiger partial charge in [-0.25, -0.2) is 13.4 Å². The molecule has 0 spiro atoms. The molecule has 0 unspecified atom stereocenters. The molecule has 1 saturated heterocycles. The maximum atomic E-state index is 12.9. The standard InChI is InChI=1S/C18H23N3O3S3/c1-14-12-25-18(19-14)26-13-17(22)20-15-7-6-8-16(11-15)27(23,24)21-9-4-2-3-5-10-21/h6-8,11-12H,2-5,9-10,13H2,1H3,(H,20,22). The average Bonchev–Trinajstić information content (AvgIpc) is 2.88. The Morgan fingerprint density at radius 3 is 2.67 bits per heavy atom. The van der Waals surface area contributed by atoms with Crippen LogP contribution in [0.3, 0.4) is 0 Å². The molecule has 2 heterocycles. The van der Waals surface area contributed by atoms with Gasteiger partial charge < -0.3 is 5.32 Å². The second kappa shape index (κ2) is 9.18. The summed E-state index contributed by atoms with van der Waals surface area (Å²) in [5.74, 6) is 0.0490. The lowest BCUT2D eigenvalue weighted by Gasteiger charge is -2.20. The Bertz CT molecular complexity index is 888. The van der Waals surface area contributed by atoms with Gasteiger partial charge in [-0.3, -0.25) is 4.79 Å². The first-order valence-electron chi connectivity index (χ1n) is 8.90. The summed E-state index contributed by atoms with van der Waals surface area (Å²) < 4.78 is 28.2. The third-order valence-electron chi connectivity index (χ3n) is 4.25. The van der Waals surface area contributed by atoms with Gasteiger partial charge in [-0.05, 0) is 38.0 Å². The van der Waals surface area contributed by atoms with Crippen LogP contribution in [0.15, 0.2) is 38.9 Å². The van der Waals surface area contributed by atoms with Crippen molar-refractivity contribution < 1.29 is 13.2 Å². The van der Waals surface area contributed by atoms with Gasteiger partial charge in [-0.1, -0.05) is 30.7 Å². The third kappa shape index (κ3) is 5.54. The lowest BCUT2D eigenvalue weighted by molar-refractivity contribution is -0.113. The Labute approximate surface area is 168 Å². The molecule has 1 aromatic carbocycles. The number of anilines is 1. The van der Waals surface area contributed by atoms with Crippen molar-refractivity contribution in [1.29, 1.82) is 0 Å². The van der Waals surface area contributed by atoms with E-state index in [-0.39, 0.29) is 16.6 Å². The first-order chi connectivity index (χ1) is 12.9. The van der Waals surface area contributed by atoms with Crippen molar-refractivity contribution in [2.24, 2.45) is 0 Å². The lowest BCUT2D eigenvalue weighted by Crippen LogP contribution is -2.32. The van der Waals surface area contributed by atoms with Gasteiger partial charge in [0.25, 0.3) is 0 Å². The molecule has 1 N–H and O–H groups in total. The summed E-state index contributed by atoms with van der Waals surface area (Å²) in [6.45, 7) is 3.03. The number of amides is 1. The van der Waals surface area contributed by atoms with Crippen molar-refractivity contribution in [3.05, 3.63) is 35.3 Å². The largest absolute Gasteiger partial charge is 0.325 e. The zero-order valence-corrected chi connectivity index (χ0v) is 17.6. The van der Waals surface area contributed by atoms with Crippen LogP contribution in [-0.2, 0) is 14.8 Å². The Kier molecular flexibility index (Phi) is 6.91. The van der Waals surface area contributed by atoms with Crippen LogP contribution in [0.1, 0.15) is 31.4 Å². The molecule has 0 bridgehead atoms. The van der Waals surface area contributed by atoms with E-state index in [2.05, 4.69) is 10.3 Å². The summed E-state index contributed by atoms with van der Waals surface area (Å²) >= 11 is 2.88. The van der Waals surface area contributed by atoms with Crippen molar-refractivity contribution in [2.45, 2.75) is 41.8 Å². The lowest BCUT2D eigenvalue weighted by atomic mass is 10.2. The Hall–Kier alpha value is -1.42. The molecule has 2 aromatic rings. The normalized spacial score (nSPS) is 16.0. The number of rotatable bonds is 6. The van der Waals surface area contributed by atoms with E-state index in [9.17, 15) is 13.2 Å². The molecule has 9 heteroatoms. The monoisotopic (exact) mass is 425 g/mol. The van der Waals surface area contributed by atoms with Crippen molar-refractivity contribution in [3.8, 4) is 0 Å². The van der Waals surface area contributed by atoms with Gasteiger partial charge in [-0.15, -0.1) is 11.3 Å². The average molecular weight is 426 g/mol. The molecule has 1 aliphatic heterocycles. The van der Waals surface area contributed by atoms with Crippen LogP contribution in [0.2, 0.25) is 0 Å². The molecule has 1 aromatic heterocycles. The number of thioether (sulfide) groups is 1. The summed E-state index contributed by atoms with van der Waals surface area (Å²) in [5, 5.41) is 4.72. The van der Waals surface area contributed by atoms with Crippen molar-refractivity contribution >= 4 is 44.7 Å². The van der Waals surface area contributed by atoms with E-state index in [4.69, 9.17) is 0 Å². The zero-order valence-electron chi connectivity index (χ0n) is 15.2. The summed E-state index contributed by atoms with van der Waals surface area (Å²) in [4.78, 5) is 16.7. The van der Waals surface area contributed by atoms with Crippen molar-refractivity contribution in [2.75, 3.05) is 24.2 Å². The first kappa shape index (κ1) is 20.3. The van der Waals surface area contributed by atoms with E-state index in [1.165, 1.54) is 29.2 Å². The maximum absolute atomic E-state index is 12.9. The molecular formula is C18H23N3O3S3. The number of aryl methyl sites for hydroxylation is 1. The highest BCUT2D eigenvalue weighted by atomic mass is 32.2. The van der Waals surface area contributed by atoms with E-state index in [1.807, 2.05) is 12.3 Å². The van der Waals surface area contributed by atoms with E-state index in [0.29, 0.717) is 18.8 Å². The molecule has 1 amide bonds. The van der Waals surface area contributed by atoms with Gasteiger partial charge in [0, 0.05) is 29.9 Å². The number of sulfonamides is 1. The number of carbonyl (C=O) groups excluding carboxylic acids is 1. The van der Waals surface area contributed by atoms with Gasteiger partial charge in [-0.2, -0.15) is 4.31 Å².